The largest absolute Gasteiger partial charge is 0.454 e. The lowest BCUT2D eigenvalue weighted by molar-refractivity contribution is 0.174. The van der Waals surface area contributed by atoms with E-state index >= 15 is 0 Å². The quantitative estimate of drug-likeness (QED) is 0.894. The normalized spacial score (nSPS) is 13.7. The number of rotatable bonds is 4. The molecule has 0 radical (unpaired) electrons. The summed E-state index contributed by atoms with van der Waals surface area (Å²) in [7, 11) is -1.89. The van der Waals surface area contributed by atoms with Crippen molar-refractivity contribution in [3.8, 4) is 11.5 Å². The van der Waals surface area contributed by atoms with Crippen LogP contribution in [0.2, 0.25) is 0 Å². The van der Waals surface area contributed by atoms with Gasteiger partial charge in [-0.3, -0.25) is 0 Å². The monoisotopic (exact) mass is 295 g/mol. The zero-order valence-corrected chi connectivity index (χ0v) is 11.6. The Morgan fingerprint density at radius 3 is 2.90 bits per heavy atom. The summed E-state index contributed by atoms with van der Waals surface area (Å²) in [6, 6.07) is 5.30. The Bertz CT molecular complexity index is 739. The van der Waals surface area contributed by atoms with E-state index in [2.05, 4.69) is 9.71 Å². The van der Waals surface area contributed by atoms with Gasteiger partial charge >= 0.3 is 0 Å². The SMILES string of the molecule is Cn1cnc(S(=O)(=O)NCc2ccc3c(c2)OCO3)c1. The van der Waals surface area contributed by atoms with Gasteiger partial charge in [-0.05, 0) is 17.7 Å². The summed E-state index contributed by atoms with van der Waals surface area (Å²) in [6.45, 7) is 0.355. The third kappa shape index (κ3) is 2.47. The fraction of sp³-hybridized carbons (Fsp3) is 0.250. The van der Waals surface area contributed by atoms with Gasteiger partial charge in [0.1, 0.15) is 0 Å². The van der Waals surface area contributed by atoms with Crippen molar-refractivity contribution in [1.29, 1.82) is 0 Å². The van der Waals surface area contributed by atoms with Crippen LogP contribution in [0.5, 0.6) is 11.5 Å². The van der Waals surface area contributed by atoms with Crippen molar-refractivity contribution >= 4 is 10.0 Å². The molecule has 2 heterocycles. The summed E-state index contributed by atoms with van der Waals surface area (Å²) in [5.41, 5.74) is 0.786. The van der Waals surface area contributed by atoms with Crippen molar-refractivity contribution in [2.75, 3.05) is 6.79 Å². The van der Waals surface area contributed by atoms with E-state index in [4.69, 9.17) is 9.47 Å². The first kappa shape index (κ1) is 12.9. The van der Waals surface area contributed by atoms with Crippen LogP contribution in [0.3, 0.4) is 0 Å². The van der Waals surface area contributed by atoms with Crippen molar-refractivity contribution in [2.24, 2.45) is 7.05 Å². The molecule has 0 unspecified atom stereocenters. The molecule has 0 amide bonds. The van der Waals surface area contributed by atoms with E-state index in [-0.39, 0.29) is 18.4 Å². The number of sulfonamides is 1. The minimum Gasteiger partial charge on any atom is -0.454 e. The number of aromatic nitrogens is 2. The number of nitrogens with zero attached hydrogens (tertiary/aromatic N) is 2. The van der Waals surface area contributed by atoms with E-state index < -0.39 is 10.0 Å². The lowest BCUT2D eigenvalue weighted by atomic mass is 10.2. The van der Waals surface area contributed by atoms with Gasteiger partial charge in [0.05, 0.1) is 6.33 Å². The molecule has 0 spiro atoms. The van der Waals surface area contributed by atoms with E-state index in [0.29, 0.717) is 11.5 Å². The number of fused-ring (bicyclic) bond motifs is 1. The van der Waals surface area contributed by atoms with Crippen LogP contribution in [-0.2, 0) is 23.6 Å². The van der Waals surface area contributed by atoms with Gasteiger partial charge in [-0.2, -0.15) is 0 Å². The molecule has 0 bridgehead atoms. The van der Waals surface area contributed by atoms with Crippen LogP contribution in [0.15, 0.2) is 35.7 Å². The van der Waals surface area contributed by atoms with Crippen molar-refractivity contribution in [2.45, 2.75) is 11.6 Å². The number of ether oxygens (including phenoxy) is 2. The van der Waals surface area contributed by atoms with Crippen LogP contribution in [0.25, 0.3) is 0 Å². The van der Waals surface area contributed by atoms with E-state index in [0.717, 1.165) is 5.56 Å². The first-order valence-corrected chi connectivity index (χ1v) is 7.39. The zero-order valence-electron chi connectivity index (χ0n) is 10.7. The van der Waals surface area contributed by atoms with Crippen molar-refractivity contribution < 1.29 is 17.9 Å². The zero-order chi connectivity index (χ0) is 14.2. The van der Waals surface area contributed by atoms with E-state index in [9.17, 15) is 8.42 Å². The molecule has 3 rings (SSSR count). The average Bonchev–Trinajstić information content (AvgIpc) is 3.04. The van der Waals surface area contributed by atoms with Gasteiger partial charge in [0.25, 0.3) is 10.0 Å². The number of hydrogen-bond acceptors (Lipinski definition) is 5. The molecule has 0 atom stereocenters. The fourth-order valence-electron chi connectivity index (χ4n) is 1.83. The lowest BCUT2D eigenvalue weighted by Gasteiger charge is -2.05. The Morgan fingerprint density at radius 2 is 2.15 bits per heavy atom. The highest BCUT2D eigenvalue weighted by Gasteiger charge is 2.18. The van der Waals surface area contributed by atoms with Crippen LogP contribution < -0.4 is 14.2 Å². The molecule has 1 N–H and O–H groups in total. The second kappa shape index (κ2) is 4.80. The number of benzene rings is 1. The summed E-state index contributed by atoms with van der Waals surface area (Å²) in [4.78, 5) is 3.83. The first-order chi connectivity index (χ1) is 9.54. The molecule has 20 heavy (non-hydrogen) atoms. The van der Waals surface area contributed by atoms with Crippen molar-refractivity contribution in [1.82, 2.24) is 14.3 Å². The van der Waals surface area contributed by atoms with Gasteiger partial charge in [0.15, 0.2) is 16.5 Å². The van der Waals surface area contributed by atoms with Crippen LogP contribution in [0.1, 0.15) is 5.56 Å². The van der Waals surface area contributed by atoms with Gasteiger partial charge in [-0.15, -0.1) is 0 Å². The van der Waals surface area contributed by atoms with Crippen LogP contribution in [0.4, 0.5) is 0 Å². The molecule has 106 valence electrons. The number of imidazole rings is 1. The molecule has 1 aromatic carbocycles. The summed E-state index contributed by atoms with van der Waals surface area (Å²) in [5.74, 6) is 1.29. The Hall–Kier alpha value is -2.06. The highest BCUT2D eigenvalue weighted by atomic mass is 32.2. The molecule has 7 nitrogen and oxygen atoms in total. The summed E-state index contributed by atoms with van der Waals surface area (Å²) < 4.78 is 38.5. The van der Waals surface area contributed by atoms with E-state index in [1.165, 1.54) is 12.5 Å². The van der Waals surface area contributed by atoms with Gasteiger partial charge in [-0.25, -0.2) is 18.1 Å². The van der Waals surface area contributed by atoms with E-state index in [1.807, 2.05) is 0 Å². The van der Waals surface area contributed by atoms with Gasteiger partial charge in [0, 0.05) is 19.8 Å². The Balaban J connectivity index is 1.73. The maximum absolute atomic E-state index is 12.0. The average molecular weight is 295 g/mol. The highest BCUT2D eigenvalue weighted by molar-refractivity contribution is 7.89. The second-order valence-electron chi connectivity index (χ2n) is 4.39. The van der Waals surface area contributed by atoms with Crippen molar-refractivity contribution in [3.63, 3.8) is 0 Å². The molecule has 0 saturated carbocycles. The lowest BCUT2D eigenvalue weighted by Crippen LogP contribution is -2.23. The fourth-order valence-corrected chi connectivity index (χ4v) is 2.83. The summed E-state index contributed by atoms with van der Waals surface area (Å²) in [5, 5.41) is 0.000688. The first-order valence-electron chi connectivity index (χ1n) is 5.91. The minimum atomic E-state index is -3.61. The van der Waals surface area contributed by atoms with Crippen molar-refractivity contribution in [3.05, 3.63) is 36.3 Å². The van der Waals surface area contributed by atoms with Crippen LogP contribution in [-0.4, -0.2) is 24.8 Å². The molecule has 1 aromatic heterocycles. The van der Waals surface area contributed by atoms with Crippen LogP contribution >= 0.6 is 0 Å². The second-order valence-corrected chi connectivity index (χ2v) is 6.10. The predicted octanol–water partition coefficient (Wildman–Crippen LogP) is 0.627. The Kier molecular flexibility index (Phi) is 3.11. The summed E-state index contributed by atoms with van der Waals surface area (Å²) in [6.07, 6.45) is 2.89. The van der Waals surface area contributed by atoms with E-state index in [1.54, 1.807) is 29.8 Å². The molecule has 0 aliphatic carbocycles. The van der Waals surface area contributed by atoms with Gasteiger partial charge in [-0.1, -0.05) is 6.07 Å². The highest BCUT2D eigenvalue weighted by Crippen LogP contribution is 2.32. The molecular weight excluding hydrogens is 282 g/mol. The number of nitrogens with one attached hydrogen (secondary N) is 1. The molecule has 1 aliphatic heterocycles. The number of aryl methyl sites for hydroxylation is 1. The minimum absolute atomic E-state index is 0.000688. The standard InChI is InChI=1S/C12H13N3O4S/c1-15-6-12(13-7-15)20(16,17)14-5-9-2-3-10-11(4-9)19-8-18-10/h2-4,6-7,14H,5,8H2,1H3. The molecule has 8 heteroatoms. The number of hydrogen-bond donors (Lipinski definition) is 1. The molecule has 2 aromatic rings. The Labute approximate surface area is 116 Å². The van der Waals surface area contributed by atoms with Gasteiger partial charge < -0.3 is 14.0 Å². The molecule has 0 saturated heterocycles. The smallest absolute Gasteiger partial charge is 0.259 e. The molecule has 1 aliphatic rings. The maximum atomic E-state index is 12.0. The summed E-state index contributed by atoms with van der Waals surface area (Å²) >= 11 is 0. The van der Waals surface area contributed by atoms with Gasteiger partial charge in [0.2, 0.25) is 6.79 Å². The third-order valence-electron chi connectivity index (χ3n) is 2.86. The molecule has 0 fully saturated rings. The topological polar surface area (TPSA) is 82.5 Å². The third-order valence-corrected chi connectivity index (χ3v) is 4.15. The maximum Gasteiger partial charge on any atom is 0.259 e. The van der Waals surface area contributed by atoms with Crippen LogP contribution in [0, 0.1) is 0 Å². The Morgan fingerprint density at radius 1 is 1.35 bits per heavy atom. The predicted molar refractivity (Wildman–Crippen MR) is 69.8 cm³/mol. The molecular formula is C12H13N3O4S.